The highest BCUT2D eigenvalue weighted by atomic mass is 15.6. The van der Waals surface area contributed by atoms with Gasteiger partial charge >= 0.3 is 0 Å². The number of H-pyrrole nitrogens is 1. The lowest BCUT2D eigenvalue weighted by Crippen LogP contribution is -2.45. The number of nitrogens with zero attached hydrogens (tertiary/aromatic N) is 2. The Morgan fingerprint density at radius 2 is 2.71 bits per heavy atom. The molecule has 0 aliphatic carbocycles. The lowest BCUT2D eigenvalue weighted by atomic mass is 10.6. The van der Waals surface area contributed by atoms with Crippen LogP contribution >= 0.6 is 0 Å². The Balaban J connectivity index is 3.04. The zero-order chi connectivity index (χ0) is 5.28. The standard InChI is InChI=1S/C3H6N4/c1-3-2-7(4)6-5-3/h2H,4H2,1H3/p+1. The van der Waals surface area contributed by atoms with E-state index >= 15 is 0 Å². The van der Waals surface area contributed by atoms with E-state index in [1.807, 2.05) is 6.92 Å². The van der Waals surface area contributed by atoms with Gasteiger partial charge in [-0.25, -0.2) is 0 Å². The smallest absolute Gasteiger partial charge is 0.218 e. The van der Waals surface area contributed by atoms with Crippen LogP contribution in [0.4, 0.5) is 0 Å². The third-order valence-electron chi connectivity index (χ3n) is 0.668. The summed E-state index contributed by atoms with van der Waals surface area (Å²) < 4.78 is 0. The van der Waals surface area contributed by atoms with Crippen LogP contribution in [0, 0.1) is 6.92 Å². The number of nitrogen functional groups attached to an aromatic ring is 1. The van der Waals surface area contributed by atoms with Gasteiger partial charge in [0, 0.05) is 12.0 Å². The molecule has 3 N–H and O–H groups in total. The summed E-state index contributed by atoms with van der Waals surface area (Å²) in [5, 5.41) is 6.24. The van der Waals surface area contributed by atoms with Crippen LogP contribution in [0.2, 0.25) is 0 Å². The van der Waals surface area contributed by atoms with E-state index in [2.05, 4.69) is 10.3 Å². The molecule has 0 radical (unpaired) electrons. The van der Waals surface area contributed by atoms with Crippen LogP contribution in [-0.4, -0.2) is 10.3 Å². The molecule has 0 amide bonds. The van der Waals surface area contributed by atoms with Crippen molar-refractivity contribution < 1.29 is 4.79 Å². The Bertz CT molecular complexity index is 139. The molecular weight excluding hydrogens is 92.1 g/mol. The molecule has 1 aromatic rings. The van der Waals surface area contributed by atoms with Crippen LogP contribution in [0.15, 0.2) is 6.20 Å². The second kappa shape index (κ2) is 1.22. The molecule has 0 aliphatic heterocycles. The van der Waals surface area contributed by atoms with Crippen molar-refractivity contribution in [2.45, 2.75) is 6.92 Å². The van der Waals surface area contributed by atoms with Crippen LogP contribution in [0.1, 0.15) is 5.69 Å². The van der Waals surface area contributed by atoms with E-state index < -0.39 is 0 Å². The number of hydrogen-bond acceptors (Lipinski definition) is 2. The van der Waals surface area contributed by atoms with E-state index in [9.17, 15) is 0 Å². The van der Waals surface area contributed by atoms with E-state index in [1.54, 1.807) is 6.20 Å². The van der Waals surface area contributed by atoms with Crippen molar-refractivity contribution >= 4 is 0 Å². The largest absolute Gasteiger partial charge is 0.251 e. The SMILES string of the molecule is Cc1c[n+](N)[nH]n1. The summed E-state index contributed by atoms with van der Waals surface area (Å²) in [5.74, 6) is 5.18. The first-order valence-corrected chi connectivity index (χ1v) is 1.98. The fourth-order valence-electron chi connectivity index (χ4n) is 0.396. The van der Waals surface area contributed by atoms with Crippen molar-refractivity contribution in [1.82, 2.24) is 10.3 Å². The van der Waals surface area contributed by atoms with E-state index in [1.165, 1.54) is 4.79 Å². The highest BCUT2D eigenvalue weighted by Crippen LogP contribution is 1.74. The summed E-state index contributed by atoms with van der Waals surface area (Å²) in [6.07, 6.45) is 1.69. The minimum Gasteiger partial charge on any atom is -0.251 e. The third-order valence-corrected chi connectivity index (χ3v) is 0.668. The lowest BCUT2D eigenvalue weighted by molar-refractivity contribution is -0.700. The molecule has 0 saturated heterocycles. The molecule has 4 heteroatoms. The quantitative estimate of drug-likeness (QED) is 0.314. The van der Waals surface area contributed by atoms with Gasteiger partial charge < -0.3 is 0 Å². The maximum atomic E-state index is 5.18. The van der Waals surface area contributed by atoms with Gasteiger partial charge in [-0.3, -0.25) is 5.84 Å². The van der Waals surface area contributed by atoms with E-state index in [0.717, 1.165) is 5.69 Å². The van der Waals surface area contributed by atoms with Crippen LogP contribution < -0.4 is 10.6 Å². The first-order valence-electron chi connectivity index (χ1n) is 1.98. The van der Waals surface area contributed by atoms with E-state index in [4.69, 9.17) is 5.84 Å². The van der Waals surface area contributed by atoms with Gasteiger partial charge in [0.2, 0.25) is 5.69 Å². The molecule has 38 valence electrons. The fraction of sp³-hybridized carbons (Fsp3) is 0.333. The van der Waals surface area contributed by atoms with Gasteiger partial charge in [0.15, 0.2) is 6.20 Å². The van der Waals surface area contributed by atoms with Crippen LogP contribution in [-0.2, 0) is 0 Å². The van der Waals surface area contributed by atoms with Gasteiger partial charge in [-0.2, -0.15) is 0 Å². The summed E-state index contributed by atoms with van der Waals surface area (Å²) in [4.78, 5) is 1.30. The number of aryl methyl sites for hydroxylation is 1. The van der Waals surface area contributed by atoms with Crippen LogP contribution in [0.3, 0.4) is 0 Å². The number of rotatable bonds is 0. The summed E-state index contributed by atoms with van der Waals surface area (Å²) in [7, 11) is 0. The molecule has 0 atom stereocenters. The first kappa shape index (κ1) is 4.11. The molecule has 0 unspecified atom stereocenters. The summed E-state index contributed by atoms with van der Waals surface area (Å²) in [6, 6.07) is 0. The number of hydrogen-bond donors (Lipinski definition) is 2. The number of nitrogens with two attached hydrogens (primary N) is 1. The molecule has 7 heavy (non-hydrogen) atoms. The maximum Gasteiger partial charge on any atom is 0.218 e. The summed E-state index contributed by atoms with van der Waals surface area (Å²) in [6.45, 7) is 1.86. The van der Waals surface area contributed by atoms with Crippen molar-refractivity contribution in [2.24, 2.45) is 0 Å². The molecule has 0 saturated carbocycles. The molecule has 0 spiro atoms. The average molecular weight is 99.1 g/mol. The maximum absolute atomic E-state index is 5.18. The first-order chi connectivity index (χ1) is 3.29. The third kappa shape index (κ3) is 0.677. The topological polar surface area (TPSA) is 58.6 Å². The monoisotopic (exact) mass is 99.1 g/mol. The second-order valence-corrected chi connectivity index (χ2v) is 1.39. The zero-order valence-electron chi connectivity index (χ0n) is 4.05. The van der Waals surface area contributed by atoms with Crippen molar-refractivity contribution in [3.63, 3.8) is 0 Å². The fourth-order valence-corrected chi connectivity index (χ4v) is 0.396. The molecular formula is C3H7N4+. The van der Waals surface area contributed by atoms with Crippen molar-refractivity contribution in [3.05, 3.63) is 11.9 Å². The average Bonchev–Trinajstić information content (AvgIpc) is 1.87. The second-order valence-electron chi connectivity index (χ2n) is 1.39. The Hall–Kier alpha value is -1.06. The van der Waals surface area contributed by atoms with Gasteiger partial charge in [0.05, 0.1) is 0 Å². The molecule has 1 rings (SSSR count). The van der Waals surface area contributed by atoms with Gasteiger partial charge in [0.1, 0.15) is 0 Å². The highest BCUT2D eigenvalue weighted by Gasteiger charge is 1.95. The Labute approximate surface area is 40.9 Å². The van der Waals surface area contributed by atoms with Crippen molar-refractivity contribution in [2.75, 3.05) is 5.84 Å². The van der Waals surface area contributed by atoms with Crippen molar-refractivity contribution in [3.8, 4) is 0 Å². The van der Waals surface area contributed by atoms with E-state index in [0.29, 0.717) is 0 Å². The Kier molecular flexibility index (Phi) is 0.714. The molecule has 4 nitrogen and oxygen atoms in total. The molecule has 1 heterocycles. The minimum absolute atomic E-state index is 0.891. The Morgan fingerprint density at radius 3 is 2.86 bits per heavy atom. The predicted molar refractivity (Wildman–Crippen MR) is 23.7 cm³/mol. The number of nitrogens with one attached hydrogen (secondary N) is 1. The molecule has 1 aromatic heterocycles. The van der Waals surface area contributed by atoms with Gasteiger partial charge in [0.25, 0.3) is 0 Å². The predicted octanol–water partition coefficient (Wildman–Crippen LogP) is -1.28. The lowest BCUT2D eigenvalue weighted by Gasteiger charge is -1.68. The molecule has 0 bridgehead atoms. The zero-order valence-corrected chi connectivity index (χ0v) is 4.05. The Morgan fingerprint density at radius 1 is 2.00 bits per heavy atom. The molecule has 0 aromatic carbocycles. The summed E-state index contributed by atoms with van der Waals surface area (Å²) >= 11 is 0. The number of aromatic amines is 1. The van der Waals surface area contributed by atoms with Crippen LogP contribution in [0.5, 0.6) is 0 Å². The van der Waals surface area contributed by atoms with E-state index in [-0.39, 0.29) is 0 Å². The van der Waals surface area contributed by atoms with Gasteiger partial charge in [-0.1, -0.05) is 4.79 Å². The summed E-state index contributed by atoms with van der Waals surface area (Å²) in [5.41, 5.74) is 0.891. The normalized spacial score (nSPS) is 9.29. The van der Waals surface area contributed by atoms with Crippen molar-refractivity contribution in [1.29, 1.82) is 0 Å². The number of aromatic nitrogens is 3. The molecule has 0 aliphatic rings. The molecule has 0 fully saturated rings. The van der Waals surface area contributed by atoms with Gasteiger partial charge in [-0.15, -0.1) is 0 Å². The highest BCUT2D eigenvalue weighted by molar-refractivity contribution is 4.78. The minimum atomic E-state index is 0.891. The van der Waals surface area contributed by atoms with Crippen LogP contribution in [0.25, 0.3) is 0 Å². The van der Waals surface area contributed by atoms with Gasteiger partial charge in [-0.05, 0) is 5.21 Å².